The molecule has 208 valence electrons. The number of aromatic nitrogens is 2. The summed E-state index contributed by atoms with van der Waals surface area (Å²) in [6.07, 6.45) is 6.79. The Labute approximate surface area is 264 Å². The summed E-state index contributed by atoms with van der Waals surface area (Å²) in [5.74, 6) is 0. The quantitative estimate of drug-likeness (QED) is 0.192. The summed E-state index contributed by atoms with van der Waals surface area (Å²) < 4.78 is 2.48. The van der Waals surface area contributed by atoms with Crippen LogP contribution in [0, 0.1) is 17.9 Å². The van der Waals surface area contributed by atoms with Gasteiger partial charge in [0.1, 0.15) is 6.07 Å². The lowest BCUT2D eigenvalue weighted by Crippen LogP contribution is -1.85. The van der Waals surface area contributed by atoms with Crippen LogP contribution in [-0.4, -0.2) is 9.97 Å². The molecule has 5 aromatic carbocycles. The van der Waals surface area contributed by atoms with Crippen LogP contribution < -0.4 is 0 Å². The van der Waals surface area contributed by atoms with Gasteiger partial charge in [-0.2, -0.15) is 5.26 Å². The standard InChI is InChI=1S/C40H22N4S/c1-42-33-17-32(23-44-24-33)28-8-5-9-30(16-28)37-19-39-40(35-11-3-2-10-34(35)37)36-13-12-29(18-38(36)45-39)26-6-4-7-27(15-26)31-14-25(20-41)21-43-22-31/h2-19,21-24H. The molecule has 0 fully saturated rings. The van der Waals surface area contributed by atoms with E-state index in [0.29, 0.717) is 11.3 Å². The molecule has 0 saturated carbocycles. The smallest absolute Gasteiger partial charge is 0.205 e. The molecule has 0 spiro atoms. The minimum atomic E-state index is 0.534. The summed E-state index contributed by atoms with van der Waals surface area (Å²) in [6.45, 7) is 7.39. The third-order valence-corrected chi connectivity index (χ3v) is 9.34. The van der Waals surface area contributed by atoms with E-state index in [1.165, 1.54) is 36.5 Å². The number of pyridine rings is 2. The topological polar surface area (TPSA) is 53.9 Å². The molecule has 3 aromatic heterocycles. The SMILES string of the molecule is [C-]#[N+]c1cncc(-c2cccc(-c3cc4sc5cc(-c6cccc(-c7cncc(C#N)c7)c6)ccc5c4c4ccccc34)c2)c1. The Kier molecular flexibility index (Phi) is 6.38. The molecule has 45 heavy (non-hydrogen) atoms. The van der Waals surface area contributed by atoms with Gasteiger partial charge in [-0.1, -0.05) is 72.8 Å². The molecule has 0 radical (unpaired) electrons. The van der Waals surface area contributed by atoms with Crippen LogP contribution in [0.15, 0.2) is 134 Å². The second kappa shape index (κ2) is 10.8. The van der Waals surface area contributed by atoms with E-state index < -0.39 is 0 Å². The molecule has 4 nitrogen and oxygen atoms in total. The summed E-state index contributed by atoms with van der Waals surface area (Å²) in [4.78, 5) is 12.1. The summed E-state index contributed by atoms with van der Waals surface area (Å²) in [5.41, 5.74) is 9.59. The molecule has 0 unspecified atom stereocenters. The van der Waals surface area contributed by atoms with E-state index in [0.717, 1.165) is 38.9 Å². The fourth-order valence-corrected chi connectivity index (χ4v) is 7.31. The van der Waals surface area contributed by atoms with Crippen LogP contribution in [-0.2, 0) is 0 Å². The van der Waals surface area contributed by atoms with Gasteiger partial charge in [-0.25, -0.2) is 4.85 Å². The Bertz CT molecular complexity index is 2530. The Morgan fingerprint density at radius 2 is 1.22 bits per heavy atom. The molecule has 0 amide bonds. The van der Waals surface area contributed by atoms with Gasteiger partial charge in [0.15, 0.2) is 0 Å². The Balaban J connectivity index is 1.26. The van der Waals surface area contributed by atoms with Gasteiger partial charge in [0.05, 0.1) is 12.1 Å². The monoisotopic (exact) mass is 590 g/mol. The first kappa shape index (κ1) is 26.5. The van der Waals surface area contributed by atoms with Crippen LogP contribution in [0.2, 0.25) is 0 Å². The molecule has 8 rings (SSSR count). The normalized spacial score (nSPS) is 11.1. The van der Waals surface area contributed by atoms with E-state index in [4.69, 9.17) is 6.57 Å². The van der Waals surface area contributed by atoms with Crippen molar-refractivity contribution in [3.63, 3.8) is 0 Å². The maximum absolute atomic E-state index is 9.33. The first-order valence-electron chi connectivity index (χ1n) is 14.5. The van der Waals surface area contributed by atoms with E-state index in [9.17, 15) is 5.26 Å². The van der Waals surface area contributed by atoms with Crippen LogP contribution >= 0.6 is 11.3 Å². The molecule has 8 aromatic rings. The predicted octanol–water partition coefficient (Wildman–Crippen LogP) is 11.1. The van der Waals surface area contributed by atoms with Crippen molar-refractivity contribution in [2.45, 2.75) is 0 Å². The number of fused-ring (bicyclic) bond motifs is 5. The lowest BCUT2D eigenvalue weighted by Gasteiger charge is -2.11. The molecule has 0 atom stereocenters. The number of hydrogen-bond donors (Lipinski definition) is 0. The number of hydrogen-bond acceptors (Lipinski definition) is 4. The number of rotatable bonds is 4. The highest BCUT2D eigenvalue weighted by molar-refractivity contribution is 7.26. The van der Waals surface area contributed by atoms with Crippen molar-refractivity contribution < 1.29 is 0 Å². The average Bonchev–Trinajstić information content (AvgIpc) is 3.49. The molecule has 5 heteroatoms. The third-order valence-electron chi connectivity index (χ3n) is 8.24. The Hall–Kier alpha value is -6.14. The summed E-state index contributed by atoms with van der Waals surface area (Å²) in [5, 5.41) is 14.3. The zero-order chi connectivity index (χ0) is 30.3. The largest absolute Gasteiger partial charge is 0.276 e. The van der Waals surface area contributed by atoms with Crippen LogP contribution in [0.1, 0.15) is 5.56 Å². The highest BCUT2D eigenvalue weighted by Gasteiger charge is 2.15. The number of benzene rings is 5. The molecule has 0 bridgehead atoms. The van der Waals surface area contributed by atoms with Crippen molar-refractivity contribution in [1.82, 2.24) is 9.97 Å². The number of nitrogens with zero attached hydrogens (tertiary/aromatic N) is 4. The van der Waals surface area contributed by atoms with Gasteiger partial charge < -0.3 is 0 Å². The van der Waals surface area contributed by atoms with Gasteiger partial charge in [0.2, 0.25) is 5.69 Å². The van der Waals surface area contributed by atoms with Gasteiger partial charge >= 0.3 is 0 Å². The van der Waals surface area contributed by atoms with Crippen LogP contribution in [0.3, 0.4) is 0 Å². The highest BCUT2D eigenvalue weighted by Crippen LogP contribution is 2.44. The van der Waals surface area contributed by atoms with Crippen molar-refractivity contribution in [1.29, 1.82) is 5.26 Å². The van der Waals surface area contributed by atoms with Gasteiger partial charge in [-0.05, 0) is 86.1 Å². The third kappa shape index (κ3) is 4.69. The van der Waals surface area contributed by atoms with Gasteiger partial charge in [0.25, 0.3) is 0 Å². The van der Waals surface area contributed by atoms with E-state index in [1.54, 1.807) is 18.6 Å². The first-order chi connectivity index (χ1) is 22.2. The highest BCUT2D eigenvalue weighted by atomic mass is 32.1. The summed E-state index contributed by atoms with van der Waals surface area (Å²) >= 11 is 1.82. The van der Waals surface area contributed by atoms with E-state index in [2.05, 4.69) is 118 Å². The molecule has 3 heterocycles. The minimum Gasteiger partial charge on any atom is -0.276 e. The van der Waals surface area contributed by atoms with E-state index >= 15 is 0 Å². The molecule has 0 N–H and O–H groups in total. The fraction of sp³-hybridized carbons (Fsp3) is 0. The molecular weight excluding hydrogens is 569 g/mol. The number of thiophene rings is 1. The summed E-state index contributed by atoms with van der Waals surface area (Å²) in [6, 6.07) is 40.6. The van der Waals surface area contributed by atoms with Crippen molar-refractivity contribution in [3.8, 4) is 50.6 Å². The van der Waals surface area contributed by atoms with Crippen molar-refractivity contribution in [2.24, 2.45) is 0 Å². The van der Waals surface area contributed by atoms with Crippen LogP contribution in [0.5, 0.6) is 0 Å². The zero-order valence-corrected chi connectivity index (χ0v) is 24.7. The van der Waals surface area contributed by atoms with Gasteiger partial charge in [-0.15, -0.1) is 11.3 Å². The fourth-order valence-electron chi connectivity index (χ4n) is 6.11. The molecule has 0 aliphatic carbocycles. The zero-order valence-electron chi connectivity index (χ0n) is 23.9. The van der Waals surface area contributed by atoms with Crippen molar-refractivity contribution in [2.75, 3.05) is 0 Å². The van der Waals surface area contributed by atoms with Gasteiger partial charge in [0, 0.05) is 50.5 Å². The maximum atomic E-state index is 9.33. The molecular formula is C40H22N4S. The average molecular weight is 591 g/mol. The first-order valence-corrected chi connectivity index (χ1v) is 15.3. The maximum Gasteiger partial charge on any atom is 0.205 e. The molecule has 0 saturated heterocycles. The predicted molar refractivity (Wildman–Crippen MR) is 185 cm³/mol. The summed E-state index contributed by atoms with van der Waals surface area (Å²) in [7, 11) is 0. The lowest BCUT2D eigenvalue weighted by atomic mass is 9.93. The lowest BCUT2D eigenvalue weighted by molar-refractivity contribution is 1.30. The van der Waals surface area contributed by atoms with E-state index in [-0.39, 0.29) is 0 Å². The Morgan fingerprint density at radius 3 is 2.00 bits per heavy atom. The van der Waals surface area contributed by atoms with Crippen LogP contribution in [0.25, 0.3) is 80.3 Å². The second-order valence-corrected chi connectivity index (χ2v) is 12.0. The number of nitriles is 1. The molecule has 0 aliphatic heterocycles. The van der Waals surface area contributed by atoms with Gasteiger partial charge in [-0.3, -0.25) is 9.97 Å². The van der Waals surface area contributed by atoms with Crippen LogP contribution in [0.4, 0.5) is 5.69 Å². The van der Waals surface area contributed by atoms with Crippen molar-refractivity contribution >= 4 is 48.0 Å². The van der Waals surface area contributed by atoms with Crippen molar-refractivity contribution in [3.05, 3.63) is 151 Å². The molecule has 0 aliphatic rings. The Morgan fingerprint density at radius 1 is 0.556 bits per heavy atom. The second-order valence-electron chi connectivity index (χ2n) is 10.9. The minimum absolute atomic E-state index is 0.534. The van der Waals surface area contributed by atoms with E-state index in [1.807, 2.05) is 29.7 Å².